The molecule has 0 N–H and O–H groups in total. The monoisotopic (exact) mass is 371 g/mol. The maximum absolute atomic E-state index is 13.0. The van der Waals surface area contributed by atoms with Crippen molar-refractivity contribution in [1.82, 2.24) is 4.98 Å². The van der Waals surface area contributed by atoms with E-state index in [1.165, 1.54) is 13.3 Å². The van der Waals surface area contributed by atoms with Gasteiger partial charge in [0.05, 0.1) is 35.0 Å². The Bertz CT molecular complexity index is 441. The van der Waals surface area contributed by atoms with Gasteiger partial charge in [0.15, 0.2) is 0 Å². The van der Waals surface area contributed by atoms with Crippen LogP contribution in [0.4, 0.5) is 8.78 Å². The van der Waals surface area contributed by atoms with E-state index in [9.17, 15) is 13.6 Å². The largest absolute Gasteiger partial charge is 0.495 e. The second-order valence-corrected chi connectivity index (χ2v) is 4.44. The molecule has 1 rings (SSSR count). The fraction of sp³-hybridized carbons (Fsp3) is 0.455. The lowest BCUT2D eigenvalue weighted by molar-refractivity contribution is -0.142. The molecule has 1 aromatic rings. The smallest absolute Gasteiger partial charge is 0.311 e. The molecular formula is C11H12F2INO3. The van der Waals surface area contributed by atoms with E-state index in [2.05, 4.69) is 4.98 Å². The molecule has 4 nitrogen and oxygen atoms in total. The second-order valence-electron chi connectivity index (χ2n) is 3.28. The summed E-state index contributed by atoms with van der Waals surface area (Å²) in [6.45, 7) is 1.85. The van der Waals surface area contributed by atoms with E-state index in [0.717, 1.165) is 0 Å². The van der Waals surface area contributed by atoms with Crippen molar-refractivity contribution in [2.24, 2.45) is 0 Å². The highest BCUT2D eigenvalue weighted by Gasteiger charge is 2.24. The molecular weight excluding hydrogens is 359 g/mol. The second kappa shape index (κ2) is 6.81. The first-order chi connectivity index (χ1) is 8.51. The number of halogens is 3. The van der Waals surface area contributed by atoms with Crippen LogP contribution < -0.4 is 4.74 Å². The van der Waals surface area contributed by atoms with Gasteiger partial charge >= 0.3 is 5.97 Å². The average Bonchev–Trinajstić information content (AvgIpc) is 2.30. The highest BCUT2D eigenvalue weighted by molar-refractivity contribution is 14.1. The Morgan fingerprint density at radius 3 is 2.72 bits per heavy atom. The molecule has 0 unspecified atom stereocenters. The van der Waals surface area contributed by atoms with Crippen LogP contribution in [-0.4, -0.2) is 24.7 Å². The molecule has 1 aromatic heterocycles. The summed E-state index contributed by atoms with van der Waals surface area (Å²) in [5.74, 6) is -0.532. The summed E-state index contributed by atoms with van der Waals surface area (Å²) in [5, 5.41) is 0. The van der Waals surface area contributed by atoms with Crippen LogP contribution in [0.5, 0.6) is 5.75 Å². The molecule has 7 heteroatoms. The molecule has 0 spiro atoms. The average molecular weight is 371 g/mol. The van der Waals surface area contributed by atoms with E-state index in [1.807, 2.05) is 22.6 Å². The molecule has 0 amide bonds. The summed E-state index contributed by atoms with van der Waals surface area (Å²) in [6.07, 6.45) is -1.66. The molecule has 1 heterocycles. The number of nitrogens with zero attached hydrogens (tertiary/aromatic N) is 1. The number of carbonyl (C=O) groups excluding carboxylic acids is 1. The third kappa shape index (κ3) is 3.50. The maximum Gasteiger partial charge on any atom is 0.311 e. The van der Waals surface area contributed by atoms with Crippen LogP contribution in [0.25, 0.3) is 0 Å². The Balaban J connectivity index is 3.15. The zero-order chi connectivity index (χ0) is 13.7. The number of carbonyl (C=O) groups is 1. The zero-order valence-electron chi connectivity index (χ0n) is 9.87. The Labute approximate surface area is 117 Å². The Morgan fingerprint density at radius 2 is 2.22 bits per heavy atom. The topological polar surface area (TPSA) is 48.4 Å². The lowest BCUT2D eigenvalue weighted by atomic mass is 10.1. The summed E-state index contributed by atoms with van der Waals surface area (Å²) < 4.78 is 36.2. The summed E-state index contributed by atoms with van der Waals surface area (Å²) in [4.78, 5) is 15.2. The quantitative estimate of drug-likeness (QED) is 0.590. The van der Waals surface area contributed by atoms with Gasteiger partial charge in [-0.25, -0.2) is 8.78 Å². The van der Waals surface area contributed by atoms with Gasteiger partial charge in [-0.1, -0.05) is 0 Å². The van der Waals surface area contributed by atoms with E-state index in [-0.39, 0.29) is 30.0 Å². The van der Waals surface area contributed by atoms with Crippen molar-refractivity contribution in [2.45, 2.75) is 19.8 Å². The van der Waals surface area contributed by atoms with E-state index >= 15 is 0 Å². The number of hydrogen-bond acceptors (Lipinski definition) is 4. The number of hydrogen-bond donors (Lipinski definition) is 0. The standard InChI is InChI=1S/C11H12F2INO3/c1-3-18-8(16)4-7-9(11(12)13)10(17-2)6(14)5-15-7/h5,11H,3-4H2,1-2H3. The Morgan fingerprint density at radius 1 is 1.56 bits per heavy atom. The Kier molecular flexibility index (Phi) is 5.70. The van der Waals surface area contributed by atoms with Gasteiger partial charge in [-0.05, 0) is 29.5 Å². The lowest BCUT2D eigenvalue weighted by Gasteiger charge is -2.13. The lowest BCUT2D eigenvalue weighted by Crippen LogP contribution is -2.12. The number of pyridine rings is 1. The minimum atomic E-state index is -2.76. The van der Waals surface area contributed by atoms with Crippen LogP contribution >= 0.6 is 22.6 Å². The molecule has 0 saturated carbocycles. The van der Waals surface area contributed by atoms with Gasteiger partial charge in [-0.3, -0.25) is 9.78 Å². The van der Waals surface area contributed by atoms with E-state index in [0.29, 0.717) is 3.57 Å². The molecule has 0 saturated heterocycles. The van der Waals surface area contributed by atoms with Crippen LogP contribution in [0.1, 0.15) is 24.6 Å². The molecule has 0 bridgehead atoms. The van der Waals surface area contributed by atoms with Gasteiger partial charge in [0.1, 0.15) is 5.75 Å². The molecule has 0 aliphatic heterocycles. The predicted octanol–water partition coefficient (Wildman–Crippen LogP) is 2.74. The first kappa shape index (κ1) is 15.1. The third-order valence-electron chi connectivity index (χ3n) is 2.15. The number of alkyl halides is 2. The van der Waals surface area contributed by atoms with Crippen LogP contribution in [0.15, 0.2) is 6.20 Å². The van der Waals surface area contributed by atoms with Crippen LogP contribution in [0, 0.1) is 3.57 Å². The highest BCUT2D eigenvalue weighted by Crippen LogP contribution is 2.34. The molecule has 0 atom stereocenters. The van der Waals surface area contributed by atoms with Crippen LogP contribution in [-0.2, 0) is 16.0 Å². The number of methoxy groups -OCH3 is 1. The first-order valence-corrected chi connectivity index (χ1v) is 6.24. The SMILES string of the molecule is CCOC(=O)Cc1ncc(I)c(OC)c1C(F)F. The van der Waals surface area contributed by atoms with Crippen molar-refractivity contribution in [1.29, 1.82) is 0 Å². The molecule has 0 radical (unpaired) electrons. The third-order valence-corrected chi connectivity index (χ3v) is 2.91. The van der Waals surface area contributed by atoms with E-state index in [1.54, 1.807) is 6.92 Å². The minimum absolute atomic E-state index is 0.0132. The number of rotatable bonds is 5. The van der Waals surface area contributed by atoms with E-state index in [4.69, 9.17) is 9.47 Å². The number of ether oxygens (including phenoxy) is 2. The van der Waals surface area contributed by atoms with Crippen molar-refractivity contribution in [2.75, 3.05) is 13.7 Å². The van der Waals surface area contributed by atoms with Crippen molar-refractivity contribution in [3.63, 3.8) is 0 Å². The van der Waals surface area contributed by atoms with Crippen molar-refractivity contribution >= 4 is 28.6 Å². The van der Waals surface area contributed by atoms with E-state index < -0.39 is 12.4 Å². The van der Waals surface area contributed by atoms with Gasteiger partial charge in [-0.2, -0.15) is 0 Å². The molecule has 0 aliphatic rings. The van der Waals surface area contributed by atoms with Gasteiger partial charge in [0.25, 0.3) is 6.43 Å². The predicted molar refractivity (Wildman–Crippen MR) is 68.8 cm³/mol. The minimum Gasteiger partial charge on any atom is -0.495 e. The molecule has 100 valence electrons. The number of aromatic nitrogens is 1. The zero-order valence-corrected chi connectivity index (χ0v) is 12.0. The summed E-state index contributed by atoms with van der Waals surface area (Å²) >= 11 is 1.85. The molecule has 0 aliphatic carbocycles. The van der Waals surface area contributed by atoms with Gasteiger partial charge in [0.2, 0.25) is 0 Å². The fourth-order valence-corrected chi connectivity index (χ4v) is 2.09. The van der Waals surface area contributed by atoms with Crippen LogP contribution in [0.2, 0.25) is 0 Å². The Hall–Kier alpha value is -0.990. The molecule has 0 aromatic carbocycles. The molecule has 18 heavy (non-hydrogen) atoms. The van der Waals surface area contributed by atoms with Crippen molar-refractivity contribution < 1.29 is 23.0 Å². The maximum atomic E-state index is 13.0. The summed E-state index contributed by atoms with van der Waals surface area (Å²) in [6, 6.07) is 0. The van der Waals surface area contributed by atoms with Crippen LogP contribution in [0.3, 0.4) is 0 Å². The first-order valence-electron chi connectivity index (χ1n) is 5.16. The highest BCUT2D eigenvalue weighted by atomic mass is 127. The normalized spacial score (nSPS) is 10.6. The molecule has 0 fully saturated rings. The van der Waals surface area contributed by atoms with Gasteiger partial charge in [-0.15, -0.1) is 0 Å². The van der Waals surface area contributed by atoms with Crippen molar-refractivity contribution in [3.8, 4) is 5.75 Å². The van der Waals surface area contributed by atoms with Crippen molar-refractivity contribution in [3.05, 3.63) is 21.0 Å². The van der Waals surface area contributed by atoms with Gasteiger partial charge < -0.3 is 9.47 Å². The fourth-order valence-electron chi connectivity index (χ4n) is 1.44. The summed E-state index contributed by atoms with van der Waals surface area (Å²) in [7, 11) is 1.30. The summed E-state index contributed by atoms with van der Waals surface area (Å²) in [5.41, 5.74) is -0.363. The van der Waals surface area contributed by atoms with Gasteiger partial charge in [0, 0.05) is 6.20 Å². The number of esters is 1.